The minimum Gasteiger partial charge on any atom is -0.497 e. The number of nitrogens with one attached hydrogen (secondary N) is 1. The van der Waals surface area contributed by atoms with E-state index < -0.39 is 17.1 Å². The van der Waals surface area contributed by atoms with Crippen molar-refractivity contribution in [3.05, 3.63) is 74.9 Å². The largest absolute Gasteiger partial charge is 0.497 e. The summed E-state index contributed by atoms with van der Waals surface area (Å²) in [6.45, 7) is 2.42. The predicted octanol–water partition coefficient (Wildman–Crippen LogP) is 2.65. The van der Waals surface area contributed by atoms with Gasteiger partial charge in [-0.1, -0.05) is 11.8 Å². The summed E-state index contributed by atoms with van der Waals surface area (Å²) in [5.41, 5.74) is -0.538. The summed E-state index contributed by atoms with van der Waals surface area (Å²) in [6, 6.07) is 13.6. The number of carbonyl (C=O) groups is 1. The van der Waals surface area contributed by atoms with Crippen LogP contribution in [0.15, 0.2) is 63.1 Å². The zero-order valence-electron chi connectivity index (χ0n) is 19.8. The van der Waals surface area contributed by atoms with Crippen LogP contribution >= 0.6 is 11.8 Å². The van der Waals surface area contributed by atoms with E-state index in [0.29, 0.717) is 29.5 Å². The van der Waals surface area contributed by atoms with Gasteiger partial charge in [-0.15, -0.1) is 0 Å². The van der Waals surface area contributed by atoms with E-state index in [2.05, 4.69) is 10.3 Å². The Balaban J connectivity index is 1.91. The summed E-state index contributed by atoms with van der Waals surface area (Å²) in [7, 11) is 4.19. The number of methoxy groups -OCH3 is 1. The maximum absolute atomic E-state index is 12.9. The maximum Gasteiger partial charge on any atom is 0.333 e. The quantitative estimate of drug-likeness (QED) is 0.361. The highest BCUT2D eigenvalue weighted by molar-refractivity contribution is 8.15. The van der Waals surface area contributed by atoms with E-state index in [4.69, 9.17) is 9.47 Å². The van der Waals surface area contributed by atoms with Crippen LogP contribution in [0.25, 0.3) is 0 Å². The molecule has 0 saturated carbocycles. The molecule has 184 valence electrons. The molecule has 2 N–H and O–H groups in total. The summed E-state index contributed by atoms with van der Waals surface area (Å²) in [5, 5.41) is 13.5. The van der Waals surface area contributed by atoms with Crippen molar-refractivity contribution >= 4 is 34.1 Å². The molecule has 1 aromatic heterocycles. The lowest BCUT2D eigenvalue weighted by atomic mass is 10.3. The van der Waals surface area contributed by atoms with Gasteiger partial charge in [0, 0.05) is 19.8 Å². The fraction of sp³-hybridized carbons (Fsp3) is 0.250. The number of carbonyl (C=O) groups excluding carboxylic acids is 1. The molecule has 1 heterocycles. The summed E-state index contributed by atoms with van der Waals surface area (Å²) in [6.07, 6.45) is 0. The highest BCUT2D eigenvalue weighted by Gasteiger charge is 2.22. The summed E-state index contributed by atoms with van der Waals surface area (Å²) in [4.78, 5) is 42.2. The van der Waals surface area contributed by atoms with Crippen molar-refractivity contribution in [2.75, 3.05) is 24.8 Å². The minimum absolute atomic E-state index is 0.0886. The monoisotopic (exact) mass is 498 g/mol. The standard InChI is InChI=1S/C24H26N4O6S/c1-5-34-18-12-8-15(9-13-18)25-19(29)14-35-21(26-16-6-10-17(33-4)11-7-16)20-22(30)27(2)24(32)28(3)23(20)31/h6-13,30H,5,14H2,1-4H3,(H,25,29). The lowest BCUT2D eigenvalue weighted by Crippen LogP contribution is -2.39. The van der Waals surface area contributed by atoms with Gasteiger partial charge in [-0.05, 0) is 55.5 Å². The number of amides is 1. The van der Waals surface area contributed by atoms with Gasteiger partial charge in [-0.25, -0.2) is 9.79 Å². The number of hydrogen-bond donors (Lipinski definition) is 2. The molecular formula is C24H26N4O6S. The van der Waals surface area contributed by atoms with Crippen LogP contribution in [0.3, 0.4) is 0 Å². The molecule has 3 aromatic rings. The molecule has 11 heteroatoms. The molecule has 0 radical (unpaired) electrons. The van der Waals surface area contributed by atoms with Gasteiger partial charge in [0.1, 0.15) is 22.1 Å². The van der Waals surface area contributed by atoms with E-state index in [9.17, 15) is 19.5 Å². The fourth-order valence-electron chi connectivity index (χ4n) is 3.09. The summed E-state index contributed by atoms with van der Waals surface area (Å²) < 4.78 is 12.4. The molecule has 0 saturated heterocycles. The molecule has 1 amide bonds. The Morgan fingerprint density at radius 3 is 2.26 bits per heavy atom. The second-order valence-electron chi connectivity index (χ2n) is 7.31. The van der Waals surface area contributed by atoms with E-state index in [1.54, 1.807) is 48.5 Å². The van der Waals surface area contributed by atoms with E-state index in [1.807, 2.05) is 6.92 Å². The fourth-order valence-corrected chi connectivity index (χ4v) is 3.92. The average molecular weight is 499 g/mol. The Kier molecular flexibility index (Phi) is 8.37. The highest BCUT2D eigenvalue weighted by atomic mass is 32.2. The number of aromatic nitrogens is 2. The molecule has 0 fully saturated rings. The second kappa shape index (κ2) is 11.4. The van der Waals surface area contributed by atoms with Crippen LogP contribution in [0.5, 0.6) is 17.4 Å². The van der Waals surface area contributed by atoms with Gasteiger partial charge in [-0.2, -0.15) is 0 Å². The first-order valence-electron chi connectivity index (χ1n) is 10.6. The Labute approximate surface area is 205 Å². The first kappa shape index (κ1) is 25.6. The SMILES string of the molecule is CCOc1ccc(NC(=O)CSC(=Nc2ccc(OC)cc2)c2c(O)n(C)c(=O)n(C)c2=O)cc1. The molecule has 0 aliphatic carbocycles. The maximum atomic E-state index is 12.9. The lowest BCUT2D eigenvalue weighted by molar-refractivity contribution is -0.113. The molecule has 0 unspecified atom stereocenters. The summed E-state index contributed by atoms with van der Waals surface area (Å²) >= 11 is 0.963. The third-order valence-corrected chi connectivity index (χ3v) is 5.92. The van der Waals surface area contributed by atoms with E-state index in [-0.39, 0.29) is 22.3 Å². The molecule has 0 aliphatic rings. The van der Waals surface area contributed by atoms with Gasteiger partial charge < -0.3 is 19.9 Å². The number of hydrogen-bond acceptors (Lipinski definition) is 8. The zero-order chi connectivity index (χ0) is 25.5. The number of anilines is 1. The molecule has 3 rings (SSSR count). The molecule has 0 aliphatic heterocycles. The van der Waals surface area contributed by atoms with Crippen molar-refractivity contribution in [1.82, 2.24) is 9.13 Å². The van der Waals surface area contributed by atoms with E-state index in [1.165, 1.54) is 21.2 Å². The number of benzene rings is 2. The Morgan fingerprint density at radius 1 is 1.03 bits per heavy atom. The average Bonchev–Trinajstić information content (AvgIpc) is 2.86. The molecule has 0 atom stereocenters. The predicted molar refractivity (Wildman–Crippen MR) is 136 cm³/mol. The molecule has 0 bridgehead atoms. The van der Waals surface area contributed by atoms with Crippen LogP contribution in [0.1, 0.15) is 12.5 Å². The number of aromatic hydroxyl groups is 1. The van der Waals surface area contributed by atoms with Gasteiger partial charge in [0.15, 0.2) is 0 Å². The van der Waals surface area contributed by atoms with Crippen LogP contribution in [-0.4, -0.2) is 44.7 Å². The van der Waals surface area contributed by atoms with Gasteiger partial charge in [0.05, 0.1) is 25.2 Å². The Hall–Kier alpha value is -3.99. The van der Waals surface area contributed by atoms with Crippen molar-refractivity contribution in [2.24, 2.45) is 19.1 Å². The lowest BCUT2D eigenvalue weighted by Gasteiger charge is -2.13. The van der Waals surface area contributed by atoms with Crippen molar-refractivity contribution in [2.45, 2.75) is 6.92 Å². The Bertz CT molecular complexity index is 1340. The smallest absolute Gasteiger partial charge is 0.333 e. The molecule has 10 nitrogen and oxygen atoms in total. The molecule has 0 spiro atoms. The van der Waals surface area contributed by atoms with Crippen LogP contribution in [-0.2, 0) is 18.9 Å². The van der Waals surface area contributed by atoms with Crippen molar-refractivity contribution < 1.29 is 19.4 Å². The molecule has 35 heavy (non-hydrogen) atoms. The zero-order valence-corrected chi connectivity index (χ0v) is 20.6. The van der Waals surface area contributed by atoms with Crippen molar-refractivity contribution in [3.63, 3.8) is 0 Å². The van der Waals surface area contributed by atoms with Gasteiger partial charge in [-0.3, -0.25) is 18.7 Å². The van der Waals surface area contributed by atoms with Gasteiger partial charge >= 0.3 is 5.69 Å². The van der Waals surface area contributed by atoms with Crippen LogP contribution < -0.4 is 26.0 Å². The number of rotatable bonds is 8. The topological polar surface area (TPSA) is 124 Å². The van der Waals surface area contributed by atoms with Crippen molar-refractivity contribution in [3.8, 4) is 17.4 Å². The summed E-state index contributed by atoms with van der Waals surface area (Å²) in [5.74, 6) is 0.323. The van der Waals surface area contributed by atoms with E-state index >= 15 is 0 Å². The molecule has 2 aromatic carbocycles. The third-order valence-electron chi connectivity index (χ3n) is 4.94. The first-order chi connectivity index (χ1) is 16.7. The van der Waals surface area contributed by atoms with Crippen LogP contribution in [0.4, 0.5) is 11.4 Å². The first-order valence-corrected chi connectivity index (χ1v) is 11.6. The Morgan fingerprint density at radius 2 is 1.66 bits per heavy atom. The third kappa shape index (κ3) is 6.12. The number of thioether (sulfide) groups is 1. The van der Waals surface area contributed by atoms with Crippen LogP contribution in [0.2, 0.25) is 0 Å². The number of ether oxygens (including phenoxy) is 2. The van der Waals surface area contributed by atoms with Gasteiger partial charge in [0.25, 0.3) is 5.56 Å². The van der Waals surface area contributed by atoms with E-state index in [0.717, 1.165) is 20.9 Å². The number of nitrogens with zero attached hydrogens (tertiary/aromatic N) is 3. The second-order valence-corrected chi connectivity index (χ2v) is 8.28. The van der Waals surface area contributed by atoms with Crippen LogP contribution in [0, 0.1) is 0 Å². The number of aliphatic imine (C=N–C) groups is 1. The molecular weight excluding hydrogens is 472 g/mol. The normalized spacial score (nSPS) is 11.3. The van der Waals surface area contributed by atoms with Crippen molar-refractivity contribution in [1.29, 1.82) is 0 Å². The minimum atomic E-state index is -0.725. The van der Waals surface area contributed by atoms with Gasteiger partial charge in [0.2, 0.25) is 11.8 Å². The highest BCUT2D eigenvalue weighted by Crippen LogP contribution is 2.25.